The predicted molar refractivity (Wildman–Crippen MR) is 78.0 cm³/mol. The number of carboxylic acids is 1. The fourth-order valence-electron chi connectivity index (χ4n) is 1.72. The summed E-state index contributed by atoms with van der Waals surface area (Å²) >= 11 is 3.25. The van der Waals surface area contributed by atoms with E-state index in [4.69, 9.17) is 5.11 Å². The molecule has 0 fully saturated rings. The third-order valence-electron chi connectivity index (χ3n) is 2.69. The molecule has 0 atom stereocenters. The maximum absolute atomic E-state index is 12.0. The Balaban J connectivity index is 2.23. The number of aryl methyl sites for hydroxylation is 1. The smallest absolute Gasteiger partial charge is 0.335 e. The monoisotopic (exact) mass is 334 g/mol. The van der Waals surface area contributed by atoms with E-state index in [2.05, 4.69) is 26.2 Å². The number of pyridine rings is 1. The molecule has 2 rings (SSSR count). The third kappa shape index (κ3) is 3.03. The van der Waals surface area contributed by atoms with Crippen molar-refractivity contribution in [2.45, 2.75) is 6.92 Å². The highest BCUT2D eigenvalue weighted by Crippen LogP contribution is 2.18. The van der Waals surface area contributed by atoms with E-state index >= 15 is 0 Å². The van der Waals surface area contributed by atoms with Crippen LogP contribution in [0.4, 0.5) is 5.69 Å². The molecule has 20 heavy (non-hydrogen) atoms. The topological polar surface area (TPSA) is 79.3 Å². The highest BCUT2D eigenvalue weighted by atomic mass is 79.9. The quantitative estimate of drug-likeness (QED) is 0.903. The number of nitrogens with zero attached hydrogens (tertiary/aromatic N) is 1. The van der Waals surface area contributed by atoms with E-state index < -0.39 is 5.97 Å². The second-order valence-corrected chi connectivity index (χ2v) is 4.98. The van der Waals surface area contributed by atoms with Crippen molar-refractivity contribution >= 4 is 33.5 Å². The highest BCUT2D eigenvalue weighted by Gasteiger charge is 2.13. The number of amides is 1. The lowest BCUT2D eigenvalue weighted by molar-refractivity contribution is 0.0696. The summed E-state index contributed by atoms with van der Waals surface area (Å²) in [6.45, 7) is 1.68. The molecule has 0 saturated carbocycles. The van der Waals surface area contributed by atoms with E-state index in [0.29, 0.717) is 15.7 Å². The first-order valence-corrected chi connectivity index (χ1v) is 6.54. The van der Waals surface area contributed by atoms with Crippen LogP contribution >= 0.6 is 15.9 Å². The van der Waals surface area contributed by atoms with E-state index in [1.54, 1.807) is 31.2 Å². The van der Waals surface area contributed by atoms with Gasteiger partial charge in [0, 0.05) is 16.4 Å². The molecule has 6 heteroatoms. The minimum absolute atomic E-state index is 0.210. The van der Waals surface area contributed by atoms with Gasteiger partial charge in [-0.05, 0) is 58.7 Å². The van der Waals surface area contributed by atoms with Crippen molar-refractivity contribution in [2.75, 3.05) is 5.32 Å². The molecule has 5 nitrogen and oxygen atoms in total. The molecule has 0 aliphatic heterocycles. The molecule has 0 aliphatic carbocycles. The van der Waals surface area contributed by atoms with Crippen LogP contribution in [0.1, 0.15) is 26.4 Å². The molecule has 1 aromatic heterocycles. The van der Waals surface area contributed by atoms with E-state index in [1.165, 1.54) is 12.3 Å². The van der Waals surface area contributed by atoms with Crippen LogP contribution in [-0.2, 0) is 0 Å². The predicted octanol–water partition coefficient (Wildman–Crippen LogP) is 3.10. The van der Waals surface area contributed by atoms with Gasteiger partial charge < -0.3 is 10.4 Å². The lowest BCUT2D eigenvalue weighted by atomic mass is 10.1. The second kappa shape index (κ2) is 5.83. The average Bonchev–Trinajstić information content (AvgIpc) is 2.38. The Kier molecular flexibility index (Phi) is 4.14. The molecule has 1 heterocycles. The number of hydrogen-bond acceptors (Lipinski definition) is 3. The normalized spacial score (nSPS) is 10.1. The van der Waals surface area contributed by atoms with Crippen LogP contribution in [0.3, 0.4) is 0 Å². The van der Waals surface area contributed by atoms with Gasteiger partial charge >= 0.3 is 5.97 Å². The first-order valence-electron chi connectivity index (χ1n) is 5.75. The fraction of sp³-hybridized carbons (Fsp3) is 0.0714. The van der Waals surface area contributed by atoms with E-state index in [1.807, 2.05) is 0 Å². The molecule has 2 N–H and O–H groups in total. The van der Waals surface area contributed by atoms with Crippen molar-refractivity contribution in [3.05, 3.63) is 57.8 Å². The van der Waals surface area contributed by atoms with Crippen molar-refractivity contribution in [2.24, 2.45) is 0 Å². The van der Waals surface area contributed by atoms with Gasteiger partial charge in [-0.15, -0.1) is 0 Å². The Hall–Kier alpha value is -2.21. The van der Waals surface area contributed by atoms with E-state index in [0.717, 1.165) is 0 Å². The minimum Gasteiger partial charge on any atom is -0.478 e. The molecular formula is C14H11BrN2O3. The Morgan fingerprint density at radius 3 is 2.65 bits per heavy atom. The van der Waals surface area contributed by atoms with E-state index in [-0.39, 0.29) is 17.2 Å². The summed E-state index contributed by atoms with van der Waals surface area (Å²) in [5.41, 5.74) is 1.58. The number of hydrogen-bond donors (Lipinski definition) is 2. The van der Waals surface area contributed by atoms with Gasteiger partial charge in [-0.2, -0.15) is 0 Å². The first-order chi connectivity index (χ1) is 9.49. The number of aromatic nitrogens is 1. The molecule has 1 aromatic carbocycles. The Bertz CT molecular complexity index is 686. The molecule has 0 aliphatic rings. The lowest BCUT2D eigenvalue weighted by Gasteiger charge is -2.08. The van der Waals surface area contributed by atoms with E-state index in [9.17, 15) is 9.59 Å². The summed E-state index contributed by atoms with van der Waals surface area (Å²) in [6.07, 6.45) is 1.53. The minimum atomic E-state index is -0.993. The summed E-state index contributed by atoms with van der Waals surface area (Å²) in [4.78, 5) is 27.0. The van der Waals surface area contributed by atoms with Crippen molar-refractivity contribution in [1.82, 2.24) is 4.98 Å². The van der Waals surface area contributed by atoms with Gasteiger partial charge in [0.1, 0.15) is 5.69 Å². The Labute approximate surface area is 123 Å². The summed E-state index contributed by atoms with van der Waals surface area (Å²) < 4.78 is 0.594. The van der Waals surface area contributed by atoms with Crippen LogP contribution in [0.25, 0.3) is 0 Å². The highest BCUT2D eigenvalue weighted by molar-refractivity contribution is 9.10. The van der Waals surface area contributed by atoms with Gasteiger partial charge in [0.2, 0.25) is 0 Å². The number of halogens is 1. The third-order valence-corrected chi connectivity index (χ3v) is 3.33. The molecule has 0 radical (unpaired) electrons. The number of carboxylic acid groups (broad SMARTS) is 1. The average molecular weight is 335 g/mol. The van der Waals surface area contributed by atoms with Crippen LogP contribution in [0.5, 0.6) is 0 Å². The van der Waals surface area contributed by atoms with Crippen molar-refractivity contribution in [1.29, 1.82) is 0 Å². The van der Waals surface area contributed by atoms with Crippen LogP contribution in [-0.4, -0.2) is 22.0 Å². The molecule has 2 aromatic rings. The summed E-state index contributed by atoms with van der Waals surface area (Å²) in [7, 11) is 0. The molecular weight excluding hydrogens is 324 g/mol. The Morgan fingerprint density at radius 2 is 2.05 bits per heavy atom. The van der Waals surface area contributed by atoms with Crippen molar-refractivity contribution in [3.63, 3.8) is 0 Å². The van der Waals surface area contributed by atoms with Gasteiger partial charge in [-0.25, -0.2) is 9.78 Å². The number of anilines is 1. The van der Waals surface area contributed by atoms with Crippen molar-refractivity contribution in [3.8, 4) is 0 Å². The number of benzene rings is 1. The molecule has 102 valence electrons. The van der Waals surface area contributed by atoms with Gasteiger partial charge in [0.15, 0.2) is 0 Å². The largest absolute Gasteiger partial charge is 0.478 e. The fourth-order valence-corrected chi connectivity index (χ4v) is 2.16. The zero-order valence-electron chi connectivity index (χ0n) is 10.6. The Morgan fingerprint density at radius 1 is 1.30 bits per heavy atom. The lowest BCUT2D eigenvalue weighted by Crippen LogP contribution is -2.14. The number of carbonyl (C=O) groups is 2. The second-order valence-electron chi connectivity index (χ2n) is 4.12. The van der Waals surface area contributed by atoms with Gasteiger partial charge in [-0.3, -0.25) is 4.79 Å². The number of aromatic carboxylic acids is 1. The zero-order chi connectivity index (χ0) is 14.7. The SMILES string of the molecule is Cc1cc(NC(=O)c2ncccc2Br)ccc1C(=O)O. The molecule has 1 amide bonds. The summed E-state index contributed by atoms with van der Waals surface area (Å²) in [5.74, 6) is -1.35. The standard InChI is InChI=1S/C14H11BrN2O3/c1-8-7-9(4-5-10(8)14(19)20)17-13(18)12-11(15)3-2-6-16-12/h2-7H,1H3,(H,17,18)(H,19,20). The number of rotatable bonds is 3. The van der Waals surface area contributed by atoms with Crippen LogP contribution in [0.2, 0.25) is 0 Å². The molecule has 0 bridgehead atoms. The van der Waals surface area contributed by atoms with Gasteiger partial charge in [-0.1, -0.05) is 0 Å². The van der Waals surface area contributed by atoms with Gasteiger partial charge in [0.05, 0.1) is 5.56 Å². The summed E-state index contributed by atoms with van der Waals surface area (Å²) in [6, 6.07) is 8.05. The molecule has 0 unspecified atom stereocenters. The summed E-state index contributed by atoms with van der Waals surface area (Å²) in [5, 5.41) is 11.6. The van der Waals surface area contributed by atoms with Crippen LogP contribution in [0, 0.1) is 6.92 Å². The maximum atomic E-state index is 12.0. The number of carbonyl (C=O) groups excluding carboxylic acids is 1. The first kappa shape index (κ1) is 14.2. The maximum Gasteiger partial charge on any atom is 0.335 e. The molecule has 0 spiro atoms. The van der Waals surface area contributed by atoms with Gasteiger partial charge in [0.25, 0.3) is 5.91 Å². The van der Waals surface area contributed by atoms with Crippen LogP contribution < -0.4 is 5.32 Å². The number of nitrogens with one attached hydrogen (secondary N) is 1. The zero-order valence-corrected chi connectivity index (χ0v) is 12.1. The van der Waals surface area contributed by atoms with Crippen molar-refractivity contribution < 1.29 is 14.7 Å². The van der Waals surface area contributed by atoms with Crippen LogP contribution in [0.15, 0.2) is 41.0 Å². The molecule has 0 saturated heterocycles.